The summed E-state index contributed by atoms with van der Waals surface area (Å²) >= 11 is 0. The van der Waals surface area contributed by atoms with Gasteiger partial charge in [-0.1, -0.05) is 6.07 Å². The molecule has 1 aliphatic heterocycles. The summed E-state index contributed by atoms with van der Waals surface area (Å²) in [6, 6.07) is 8.98. The van der Waals surface area contributed by atoms with Crippen LogP contribution in [0, 0.1) is 23.1 Å². The summed E-state index contributed by atoms with van der Waals surface area (Å²) in [7, 11) is 0. The average Bonchev–Trinajstić information content (AvgIpc) is 2.31. The summed E-state index contributed by atoms with van der Waals surface area (Å²) in [4.78, 5) is 2.24. The smallest absolute Gasteiger partial charge is 0.125 e. The van der Waals surface area contributed by atoms with Crippen molar-refractivity contribution in [1.82, 2.24) is 0 Å². The minimum absolute atomic E-state index is 0.0275. The van der Waals surface area contributed by atoms with E-state index in [-0.39, 0.29) is 11.4 Å². The van der Waals surface area contributed by atoms with Gasteiger partial charge in [0.1, 0.15) is 5.82 Å². The van der Waals surface area contributed by atoms with Gasteiger partial charge >= 0.3 is 0 Å². The zero-order valence-corrected chi connectivity index (χ0v) is 11.0. The van der Waals surface area contributed by atoms with Crippen LogP contribution in [0.25, 0.3) is 0 Å². The Labute approximate surface area is 108 Å². The van der Waals surface area contributed by atoms with Gasteiger partial charge < -0.3 is 4.90 Å². The molecule has 18 heavy (non-hydrogen) atoms. The standard InChI is InChI=1S/C15H19FN2/c1-15(2)8-6-12(7-9-17)11-18(15)14-5-3-4-13(16)10-14/h3-5,10,12H,6-8,11H2,1-2H3. The summed E-state index contributed by atoms with van der Waals surface area (Å²) in [6.45, 7) is 5.20. The molecule has 96 valence electrons. The van der Waals surface area contributed by atoms with Gasteiger partial charge in [0.2, 0.25) is 0 Å². The van der Waals surface area contributed by atoms with E-state index in [9.17, 15) is 4.39 Å². The van der Waals surface area contributed by atoms with E-state index in [0.717, 1.165) is 25.1 Å². The molecular formula is C15H19FN2. The molecule has 0 aromatic heterocycles. The Morgan fingerprint density at radius 3 is 2.94 bits per heavy atom. The van der Waals surface area contributed by atoms with Crippen molar-refractivity contribution in [1.29, 1.82) is 5.26 Å². The highest BCUT2D eigenvalue weighted by atomic mass is 19.1. The van der Waals surface area contributed by atoms with E-state index in [4.69, 9.17) is 5.26 Å². The Morgan fingerprint density at radius 2 is 2.28 bits per heavy atom. The molecule has 0 radical (unpaired) electrons. The summed E-state index contributed by atoms with van der Waals surface area (Å²) in [6.07, 6.45) is 2.70. The summed E-state index contributed by atoms with van der Waals surface area (Å²) in [5.74, 6) is 0.192. The second-order valence-corrected chi connectivity index (χ2v) is 5.67. The molecule has 1 aliphatic rings. The summed E-state index contributed by atoms with van der Waals surface area (Å²) in [5, 5.41) is 8.82. The highest BCUT2D eigenvalue weighted by Gasteiger charge is 2.34. The van der Waals surface area contributed by atoms with Crippen LogP contribution in [0.15, 0.2) is 24.3 Å². The predicted octanol–water partition coefficient (Wildman–Crippen LogP) is 3.73. The van der Waals surface area contributed by atoms with Gasteiger partial charge in [0, 0.05) is 24.2 Å². The molecule has 2 nitrogen and oxygen atoms in total. The number of piperidine rings is 1. The number of nitrogens with zero attached hydrogens (tertiary/aromatic N) is 2. The Hall–Kier alpha value is -1.56. The monoisotopic (exact) mass is 246 g/mol. The molecule has 1 fully saturated rings. The molecular weight excluding hydrogens is 227 g/mol. The van der Waals surface area contributed by atoms with Crippen LogP contribution in [0.2, 0.25) is 0 Å². The molecule has 0 saturated carbocycles. The van der Waals surface area contributed by atoms with Crippen molar-refractivity contribution in [2.45, 2.75) is 38.6 Å². The molecule has 0 spiro atoms. The lowest BCUT2D eigenvalue weighted by atomic mass is 9.83. The van der Waals surface area contributed by atoms with Gasteiger partial charge in [-0.15, -0.1) is 0 Å². The van der Waals surface area contributed by atoms with Crippen molar-refractivity contribution in [2.75, 3.05) is 11.4 Å². The van der Waals surface area contributed by atoms with Crippen LogP contribution in [0.3, 0.4) is 0 Å². The number of hydrogen-bond acceptors (Lipinski definition) is 2. The van der Waals surface area contributed by atoms with Crippen LogP contribution in [-0.2, 0) is 0 Å². The SMILES string of the molecule is CC1(C)CCC(CC#N)CN1c1cccc(F)c1. The Bertz CT molecular complexity index is 462. The van der Waals surface area contributed by atoms with Crippen LogP contribution >= 0.6 is 0 Å². The first kappa shape index (κ1) is 12.9. The van der Waals surface area contributed by atoms with Gasteiger partial charge in [-0.05, 0) is 50.8 Å². The van der Waals surface area contributed by atoms with Crippen molar-refractivity contribution in [2.24, 2.45) is 5.92 Å². The Kier molecular flexibility index (Phi) is 3.56. The summed E-state index contributed by atoms with van der Waals surface area (Å²) < 4.78 is 13.3. The van der Waals surface area contributed by atoms with Crippen LogP contribution in [0.1, 0.15) is 33.1 Å². The first-order valence-corrected chi connectivity index (χ1v) is 6.43. The lowest BCUT2D eigenvalue weighted by molar-refractivity contribution is 0.293. The van der Waals surface area contributed by atoms with Crippen molar-refractivity contribution in [3.63, 3.8) is 0 Å². The number of rotatable bonds is 2. The van der Waals surface area contributed by atoms with Crippen molar-refractivity contribution < 1.29 is 4.39 Å². The highest BCUT2D eigenvalue weighted by molar-refractivity contribution is 5.49. The van der Waals surface area contributed by atoms with E-state index >= 15 is 0 Å². The second kappa shape index (κ2) is 4.97. The zero-order valence-electron chi connectivity index (χ0n) is 11.0. The van der Waals surface area contributed by atoms with Gasteiger partial charge in [-0.3, -0.25) is 0 Å². The molecule has 1 heterocycles. The zero-order chi connectivity index (χ0) is 13.2. The minimum atomic E-state index is -0.203. The number of hydrogen-bond donors (Lipinski definition) is 0. The van der Waals surface area contributed by atoms with Crippen molar-refractivity contribution in [3.05, 3.63) is 30.1 Å². The van der Waals surface area contributed by atoms with E-state index in [1.54, 1.807) is 12.1 Å². The molecule has 0 amide bonds. The molecule has 1 atom stereocenters. The molecule has 1 unspecified atom stereocenters. The first-order valence-electron chi connectivity index (χ1n) is 6.43. The first-order chi connectivity index (χ1) is 8.53. The largest absolute Gasteiger partial charge is 0.366 e. The number of benzene rings is 1. The molecule has 1 saturated heterocycles. The number of anilines is 1. The highest BCUT2D eigenvalue weighted by Crippen LogP contribution is 2.35. The van der Waals surface area contributed by atoms with Crippen LogP contribution in [-0.4, -0.2) is 12.1 Å². The topological polar surface area (TPSA) is 27.0 Å². The molecule has 0 N–H and O–H groups in total. The summed E-state index contributed by atoms with van der Waals surface area (Å²) in [5.41, 5.74) is 0.947. The van der Waals surface area contributed by atoms with E-state index < -0.39 is 0 Å². The van der Waals surface area contributed by atoms with Crippen LogP contribution in [0.5, 0.6) is 0 Å². The van der Waals surface area contributed by atoms with Crippen LogP contribution in [0.4, 0.5) is 10.1 Å². The third kappa shape index (κ3) is 2.64. The van der Waals surface area contributed by atoms with Gasteiger partial charge in [-0.25, -0.2) is 4.39 Å². The molecule has 1 aromatic carbocycles. The average molecular weight is 246 g/mol. The third-order valence-corrected chi connectivity index (χ3v) is 3.84. The lowest BCUT2D eigenvalue weighted by Gasteiger charge is -2.47. The fraction of sp³-hybridized carbons (Fsp3) is 0.533. The van der Waals surface area contributed by atoms with Crippen molar-refractivity contribution in [3.8, 4) is 6.07 Å². The Morgan fingerprint density at radius 1 is 1.50 bits per heavy atom. The van der Waals surface area contributed by atoms with E-state index in [2.05, 4.69) is 24.8 Å². The van der Waals surface area contributed by atoms with Crippen molar-refractivity contribution >= 4 is 5.69 Å². The quantitative estimate of drug-likeness (QED) is 0.795. The number of nitriles is 1. The molecule has 2 rings (SSSR count). The number of halogens is 1. The van der Waals surface area contributed by atoms with E-state index in [1.807, 2.05) is 6.07 Å². The lowest BCUT2D eigenvalue weighted by Crippen LogP contribution is -2.50. The minimum Gasteiger partial charge on any atom is -0.366 e. The van der Waals surface area contributed by atoms with Crippen LogP contribution < -0.4 is 4.90 Å². The molecule has 3 heteroatoms. The second-order valence-electron chi connectivity index (χ2n) is 5.67. The normalized spacial score (nSPS) is 22.6. The van der Waals surface area contributed by atoms with Gasteiger partial charge in [0.15, 0.2) is 0 Å². The predicted molar refractivity (Wildman–Crippen MR) is 70.8 cm³/mol. The fourth-order valence-corrected chi connectivity index (χ4v) is 2.68. The maximum atomic E-state index is 13.3. The maximum absolute atomic E-state index is 13.3. The fourth-order valence-electron chi connectivity index (χ4n) is 2.68. The van der Waals surface area contributed by atoms with E-state index in [1.165, 1.54) is 6.07 Å². The van der Waals surface area contributed by atoms with Gasteiger partial charge in [0.25, 0.3) is 0 Å². The molecule has 0 aliphatic carbocycles. The van der Waals surface area contributed by atoms with Gasteiger partial charge in [0.05, 0.1) is 6.07 Å². The maximum Gasteiger partial charge on any atom is 0.125 e. The van der Waals surface area contributed by atoms with Gasteiger partial charge in [-0.2, -0.15) is 5.26 Å². The van der Waals surface area contributed by atoms with E-state index in [0.29, 0.717) is 12.3 Å². The third-order valence-electron chi connectivity index (χ3n) is 3.84. The Balaban J connectivity index is 2.24. The molecule has 1 aromatic rings. The molecule has 0 bridgehead atoms.